The van der Waals surface area contributed by atoms with Crippen LogP contribution in [0.2, 0.25) is 0 Å². The van der Waals surface area contributed by atoms with E-state index in [4.69, 9.17) is 15.6 Å². The molecule has 2 unspecified atom stereocenters. The monoisotopic (exact) mass is 548 g/mol. The van der Waals surface area contributed by atoms with Crippen molar-refractivity contribution in [3.05, 3.63) is 71.3 Å². The average Bonchev–Trinajstić information content (AvgIpc) is 2.95. The molecule has 40 heavy (non-hydrogen) atoms. The van der Waals surface area contributed by atoms with Crippen molar-refractivity contribution in [2.75, 3.05) is 19.6 Å². The molecular formula is C31H40N4O5. The Kier molecular flexibility index (Phi) is 10.2. The number of nitrogens with zero attached hydrogens (tertiary/aromatic N) is 3. The third-order valence-electron chi connectivity index (χ3n) is 7.78. The van der Waals surface area contributed by atoms with E-state index in [0.29, 0.717) is 51.3 Å². The van der Waals surface area contributed by atoms with Gasteiger partial charge in [-0.15, -0.1) is 0 Å². The molecule has 2 heterocycles. The summed E-state index contributed by atoms with van der Waals surface area (Å²) < 4.78 is 5.80. The molecule has 9 nitrogen and oxygen atoms in total. The maximum Gasteiger partial charge on any atom is 0.410 e. The summed E-state index contributed by atoms with van der Waals surface area (Å²) in [6.45, 7) is 4.26. The Hall–Kier alpha value is -3.88. The molecule has 9 heteroatoms. The highest BCUT2D eigenvalue weighted by Gasteiger charge is 2.38. The molecule has 214 valence electrons. The molecule has 2 saturated heterocycles. The molecule has 4 rings (SSSR count). The predicted molar refractivity (Wildman–Crippen MR) is 153 cm³/mol. The van der Waals surface area contributed by atoms with Gasteiger partial charge in [0.1, 0.15) is 11.9 Å². The number of aliphatic carboxylic acids is 1. The number of nitrogens with two attached hydrogens (primary N) is 1. The molecule has 0 aromatic heterocycles. The summed E-state index contributed by atoms with van der Waals surface area (Å²) in [6.07, 6.45) is 3.13. The van der Waals surface area contributed by atoms with Gasteiger partial charge in [0.25, 0.3) is 0 Å². The van der Waals surface area contributed by atoms with Gasteiger partial charge in [0.2, 0.25) is 5.91 Å². The van der Waals surface area contributed by atoms with Gasteiger partial charge in [0, 0.05) is 44.6 Å². The Morgan fingerprint density at radius 1 is 1.05 bits per heavy atom. The van der Waals surface area contributed by atoms with Gasteiger partial charge in [-0.3, -0.25) is 19.5 Å². The highest BCUT2D eigenvalue weighted by molar-refractivity contribution is 5.97. The number of ether oxygens (including phenoxy) is 1. The smallest absolute Gasteiger partial charge is 0.410 e. The molecule has 2 aliphatic heterocycles. The Balaban J connectivity index is 1.47. The van der Waals surface area contributed by atoms with Crippen molar-refractivity contribution < 1.29 is 24.2 Å². The van der Waals surface area contributed by atoms with Gasteiger partial charge < -0.3 is 20.5 Å². The molecule has 0 bridgehead atoms. The number of unbranched alkanes of at least 4 members (excludes halogenated alkanes) is 1. The van der Waals surface area contributed by atoms with E-state index < -0.39 is 18.2 Å². The molecule has 2 aliphatic rings. The van der Waals surface area contributed by atoms with Crippen LogP contribution in [0.5, 0.6) is 0 Å². The lowest BCUT2D eigenvalue weighted by molar-refractivity contribution is -0.139. The van der Waals surface area contributed by atoms with E-state index in [1.807, 2.05) is 54.6 Å². The van der Waals surface area contributed by atoms with Gasteiger partial charge in [0.15, 0.2) is 0 Å². The van der Waals surface area contributed by atoms with Crippen molar-refractivity contribution in [3.8, 4) is 0 Å². The van der Waals surface area contributed by atoms with Crippen LogP contribution in [0.15, 0.2) is 59.6 Å². The average molecular weight is 549 g/mol. The number of hydrogen-bond acceptors (Lipinski definition) is 5. The van der Waals surface area contributed by atoms with Crippen molar-refractivity contribution in [1.82, 2.24) is 9.80 Å². The number of carbonyl (C=O) groups excluding carboxylic acids is 2. The van der Waals surface area contributed by atoms with E-state index >= 15 is 0 Å². The summed E-state index contributed by atoms with van der Waals surface area (Å²) in [4.78, 5) is 45.4. The van der Waals surface area contributed by atoms with Crippen LogP contribution in [0.3, 0.4) is 0 Å². The van der Waals surface area contributed by atoms with Gasteiger partial charge in [-0.05, 0) is 36.3 Å². The molecule has 0 radical (unpaired) electrons. The number of carbonyl (C=O) groups is 3. The normalized spacial score (nSPS) is 20.3. The third-order valence-corrected chi connectivity index (χ3v) is 7.78. The first-order valence-electron chi connectivity index (χ1n) is 14.2. The molecule has 2 fully saturated rings. The Labute approximate surface area is 236 Å². The van der Waals surface area contributed by atoms with E-state index in [2.05, 4.69) is 11.9 Å². The van der Waals surface area contributed by atoms with E-state index in [9.17, 15) is 14.4 Å². The first-order valence-corrected chi connectivity index (χ1v) is 14.2. The second kappa shape index (κ2) is 14.0. The molecule has 2 amide bonds. The number of aliphatic imine (C=N–C) groups is 1. The standard InChI is InChI=1S/C31H40N4O5/c1-2-3-15-33-30(32)25-11-9-24(10-12-25)27-19-26(40-31(39)35(27)21-23-7-5-4-6-8-23)20-28(36)34-16-13-22(14-17-34)18-29(37)38/h4-12,22,26-27H,2-3,13-21H2,1H3,(H2,32,33)(H,37,38). The largest absolute Gasteiger partial charge is 0.481 e. The number of amidine groups is 1. The summed E-state index contributed by atoms with van der Waals surface area (Å²) >= 11 is 0. The van der Waals surface area contributed by atoms with Crippen LogP contribution in [0, 0.1) is 5.92 Å². The molecule has 2 aromatic carbocycles. The molecular weight excluding hydrogens is 508 g/mol. The number of likely N-dealkylation sites (tertiary alicyclic amines) is 1. The summed E-state index contributed by atoms with van der Waals surface area (Å²) in [7, 11) is 0. The van der Waals surface area contributed by atoms with Crippen molar-refractivity contribution in [2.24, 2.45) is 16.6 Å². The lowest BCUT2D eigenvalue weighted by Gasteiger charge is -2.40. The van der Waals surface area contributed by atoms with Crippen molar-refractivity contribution in [2.45, 2.75) is 70.6 Å². The highest BCUT2D eigenvalue weighted by atomic mass is 16.6. The minimum atomic E-state index is -0.801. The van der Waals surface area contributed by atoms with Crippen molar-refractivity contribution >= 4 is 23.8 Å². The molecule has 2 aromatic rings. The zero-order chi connectivity index (χ0) is 28.5. The van der Waals surface area contributed by atoms with Crippen LogP contribution < -0.4 is 5.73 Å². The maximum atomic E-state index is 13.3. The fourth-order valence-electron chi connectivity index (χ4n) is 5.44. The van der Waals surface area contributed by atoms with Gasteiger partial charge in [-0.25, -0.2) is 4.79 Å². The van der Waals surface area contributed by atoms with Crippen LogP contribution >= 0.6 is 0 Å². The quantitative estimate of drug-likeness (QED) is 0.237. The minimum Gasteiger partial charge on any atom is -0.481 e. The van der Waals surface area contributed by atoms with Crippen LogP contribution in [-0.2, 0) is 20.9 Å². The first-order chi connectivity index (χ1) is 19.3. The van der Waals surface area contributed by atoms with Gasteiger partial charge >= 0.3 is 12.1 Å². The van der Waals surface area contributed by atoms with Crippen LogP contribution in [-0.4, -0.2) is 64.4 Å². The number of cyclic esters (lactones) is 1. The summed E-state index contributed by atoms with van der Waals surface area (Å²) in [5.74, 6) is -0.267. The fraction of sp³-hybridized carbons (Fsp3) is 0.484. The van der Waals surface area contributed by atoms with Crippen LogP contribution in [0.4, 0.5) is 4.79 Å². The van der Waals surface area contributed by atoms with Crippen molar-refractivity contribution in [3.63, 3.8) is 0 Å². The van der Waals surface area contributed by atoms with Crippen LogP contribution in [0.1, 0.15) is 74.6 Å². The third kappa shape index (κ3) is 7.83. The number of carboxylic acids is 1. The topological polar surface area (TPSA) is 126 Å². The van der Waals surface area contributed by atoms with Gasteiger partial charge in [-0.2, -0.15) is 0 Å². The zero-order valence-electron chi connectivity index (χ0n) is 23.2. The summed E-state index contributed by atoms with van der Waals surface area (Å²) in [5.41, 5.74) is 8.97. The van der Waals surface area contributed by atoms with Gasteiger partial charge in [-0.1, -0.05) is 67.9 Å². The molecule has 3 N–H and O–H groups in total. The fourth-order valence-corrected chi connectivity index (χ4v) is 5.44. The minimum absolute atomic E-state index is 0.0618. The van der Waals surface area contributed by atoms with E-state index in [1.165, 1.54) is 0 Å². The molecule has 0 saturated carbocycles. The summed E-state index contributed by atoms with van der Waals surface area (Å²) in [5, 5.41) is 9.06. The van der Waals surface area contributed by atoms with E-state index in [0.717, 1.165) is 29.5 Å². The SMILES string of the molecule is CCCCN=C(N)c1ccc(C2CC(CC(=O)N3CCC(CC(=O)O)CC3)OC(=O)N2Cc2ccccc2)cc1. The van der Waals surface area contributed by atoms with E-state index in [-0.39, 0.29) is 30.7 Å². The van der Waals surface area contributed by atoms with Crippen molar-refractivity contribution in [1.29, 1.82) is 0 Å². The number of carboxylic acid groups (broad SMARTS) is 1. The Morgan fingerprint density at radius 2 is 1.75 bits per heavy atom. The Morgan fingerprint density at radius 3 is 2.40 bits per heavy atom. The second-order valence-electron chi connectivity index (χ2n) is 10.7. The highest BCUT2D eigenvalue weighted by Crippen LogP contribution is 2.35. The second-order valence-corrected chi connectivity index (χ2v) is 10.7. The number of piperidine rings is 1. The molecule has 0 spiro atoms. The maximum absolute atomic E-state index is 13.3. The lowest BCUT2D eigenvalue weighted by Crippen LogP contribution is -2.46. The number of rotatable bonds is 11. The number of amides is 2. The molecule has 2 atom stereocenters. The zero-order valence-corrected chi connectivity index (χ0v) is 23.2. The van der Waals surface area contributed by atoms with Crippen LogP contribution in [0.25, 0.3) is 0 Å². The first kappa shape index (κ1) is 29.1. The van der Waals surface area contributed by atoms with Gasteiger partial charge in [0.05, 0.1) is 12.5 Å². The Bertz CT molecular complexity index is 1180. The summed E-state index contributed by atoms with van der Waals surface area (Å²) in [6, 6.07) is 17.3. The molecule has 0 aliphatic carbocycles. The van der Waals surface area contributed by atoms with E-state index in [1.54, 1.807) is 9.80 Å². The lowest BCUT2D eigenvalue weighted by atomic mass is 9.92. The number of benzene rings is 2. The predicted octanol–water partition coefficient (Wildman–Crippen LogP) is 4.75. The number of hydrogen-bond donors (Lipinski definition) is 2.